The minimum absolute atomic E-state index is 0.723. The molecule has 100 valence electrons. The molecule has 0 saturated heterocycles. The van der Waals surface area contributed by atoms with E-state index >= 15 is 0 Å². The summed E-state index contributed by atoms with van der Waals surface area (Å²) in [5.74, 6) is 0. The van der Waals surface area contributed by atoms with E-state index in [0.29, 0.717) is 0 Å². The lowest BCUT2D eigenvalue weighted by atomic mass is 9.95. The van der Waals surface area contributed by atoms with Crippen molar-refractivity contribution >= 4 is 6.29 Å². The Morgan fingerprint density at radius 2 is 1.52 bits per heavy atom. The van der Waals surface area contributed by atoms with Gasteiger partial charge in [0.1, 0.15) is 6.29 Å². The molecule has 0 atom stereocenters. The van der Waals surface area contributed by atoms with E-state index in [9.17, 15) is 4.79 Å². The Bertz CT molecular complexity index is 846. The predicted molar refractivity (Wildman–Crippen MR) is 85.5 cm³/mol. The molecule has 0 N–H and O–H groups in total. The first-order valence-corrected chi connectivity index (χ1v) is 7.12. The van der Waals surface area contributed by atoms with Crippen molar-refractivity contribution in [2.75, 3.05) is 0 Å². The van der Waals surface area contributed by atoms with Gasteiger partial charge in [-0.25, -0.2) is 0 Å². The summed E-state index contributed by atoms with van der Waals surface area (Å²) < 4.78 is 0. The van der Waals surface area contributed by atoms with Crippen LogP contribution in [0.1, 0.15) is 21.5 Å². The van der Waals surface area contributed by atoms with Crippen LogP contribution < -0.4 is 0 Å². The van der Waals surface area contributed by atoms with Crippen molar-refractivity contribution < 1.29 is 4.79 Å². The summed E-state index contributed by atoms with van der Waals surface area (Å²) in [6.07, 6.45) is 1.87. The first kappa shape index (κ1) is 12.1. The molecule has 1 aliphatic carbocycles. The Morgan fingerprint density at radius 3 is 2.43 bits per heavy atom. The number of benzene rings is 3. The third-order valence-corrected chi connectivity index (χ3v) is 4.18. The van der Waals surface area contributed by atoms with Crippen LogP contribution in [-0.4, -0.2) is 6.29 Å². The zero-order chi connectivity index (χ0) is 14.2. The summed E-state index contributed by atoms with van der Waals surface area (Å²) >= 11 is 0. The second kappa shape index (κ2) is 4.71. The van der Waals surface area contributed by atoms with Gasteiger partial charge >= 0.3 is 0 Å². The molecular formula is C20H14O. The van der Waals surface area contributed by atoms with Crippen molar-refractivity contribution in [3.05, 3.63) is 83.4 Å². The van der Waals surface area contributed by atoms with E-state index in [1.165, 1.54) is 27.8 Å². The van der Waals surface area contributed by atoms with Crippen LogP contribution in [0.15, 0.2) is 66.7 Å². The van der Waals surface area contributed by atoms with Gasteiger partial charge in [-0.05, 0) is 45.9 Å². The Labute approximate surface area is 123 Å². The molecule has 1 heteroatoms. The highest BCUT2D eigenvalue weighted by atomic mass is 16.1. The van der Waals surface area contributed by atoms with E-state index in [2.05, 4.69) is 48.5 Å². The van der Waals surface area contributed by atoms with Gasteiger partial charge in [-0.15, -0.1) is 0 Å². The molecular weight excluding hydrogens is 256 g/mol. The molecule has 0 aliphatic heterocycles. The van der Waals surface area contributed by atoms with Crippen molar-refractivity contribution in [3.63, 3.8) is 0 Å². The molecule has 3 aromatic rings. The lowest BCUT2D eigenvalue weighted by molar-refractivity contribution is 0.112. The van der Waals surface area contributed by atoms with E-state index in [1.807, 2.05) is 18.2 Å². The number of rotatable bonds is 2. The minimum atomic E-state index is 0.723. The van der Waals surface area contributed by atoms with Crippen LogP contribution in [0.2, 0.25) is 0 Å². The van der Waals surface area contributed by atoms with Crippen LogP contribution in [0, 0.1) is 0 Å². The summed E-state index contributed by atoms with van der Waals surface area (Å²) in [5, 5.41) is 0. The first-order chi connectivity index (χ1) is 10.4. The monoisotopic (exact) mass is 270 g/mol. The Kier molecular flexibility index (Phi) is 2.71. The van der Waals surface area contributed by atoms with Gasteiger partial charge in [0, 0.05) is 5.56 Å². The van der Waals surface area contributed by atoms with E-state index < -0.39 is 0 Å². The van der Waals surface area contributed by atoms with E-state index in [4.69, 9.17) is 0 Å². The van der Waals surface area contributed by atoms with Crippen molar-refractivity contribution in [3.8, 4) is 22.3 Å². The number of carbonyl (C=O) groups excluding carboxylic acids is 1. The Balaban J connectivity index is 1.92. The maximum absolute atomic E-state index is 11.0. The van der Waals surface area contributed by atoms with Crippen LogP contribution in [0.3, 0.4) is 0 Å². The molecule has 3 aromatic carbocycles. The smallest absolute Gasteiger partial charge is 0.150 e. The molecule has 21 heavy (non-hydrogen) atoms. The fourth-order valence-corrected chi connectivity index (χ4v) is 3.21. The van der Waals surface area contributed by atoms with Crippen molar-refractivity contribution in [1.29, 1.82) is 0 Å². The Hall–Kier alpha value is -2.67. The SMILES string of the molecule is O=Cc1cccc(-c2cccc3c2Cc2ccccc2-3)c1. The van der Waals surface area contributed by atoms with Gasteiger partial charge in [0.15, 0.2) is 0 Å². The fraction of sp³-hybridized carbons (Fsp3) is 0.0500. The molecule has 4 rings (SSSR count). The van der Waals surface area contributed by atoms with E-state index in [0.717, 1.165) is 23.8 Å². The third-order valence-electron chi connectivity index (χ3n) is 4.18. The standard InChI is InChI=1S/C20H14O/c21-13-14-5-3-7-15(11-14)18-9-4-10-19-17-8-2-1-6-16(17)12-20(18)19/h1-11,13H,12H2. The molecule has 0 radical (unpaired) electrons. The topological polar surface area (TPSA) is 17.1 Å². The molecule has 0 amide bonds. The maximum atomic E-state index is 11.0. The van der Waals surface area contributed by atoms with Crippen LogP contribution in [0.4, 0.5) is 0 Å². The molecule has 0 fully saturated rings. The molecule has 0 heterocycles. The van der Waals surface area contributed by atoms with Gasteiger partial charge < -0.3 is 0 Å². The van der Waals surface area contributed by atoms with Crippen molar-refractivity contribution in [2.24, 2.45) is 0 Å². The summed E-state index contributed by atoms with van der Waals surface area (Å²) in [6.45, 7) is 0. The molecule has 0 aromatic heterocycles. The maximum Gasteiger partial charge on any atom is 0.150 e. The van der Waals surface area contributed by atoms with E-state index in [1.54, 1.807) is 0 Å². The highest BCUT2D eigenvalue weighted by Gasteiger charge is 2.20. The predicted octanol–water partition coefficient (Wildman–Crippen LogP) is 4.74. The minimum Gasteiger partial charge on any atom is -0.298 e. The zero-order valence-corrected chi connectivity index (χ0v) is 11.5. The summed E-state index contributed by atoms with van der Waals surface area (Å²) in [7, 11) is 0. The van der Waals surface area contributed by atoms with Crippen LogP contribution in [0.5, 0.6) is 0 Å². The van der Waals surface area contributed by atoms with Crippen molar-refractivity contribution in [1.82, 2.24) is 0 Å². The second-order valence-corrected chi connectivity index (χ2v) is 5.41. The normalized spacial score (nSPS) is 11.8. The molecule has 0 unspecified atom stereocenters. The van der Waals surface area contributed by atoms with E-state index in [-0.39, 0.29) is 0 Å². The zero-order valence-electron chi connectivity index (χ0n) is 11.5. The quantitative estimate of drug-likeness (QED) is 0.481. The number of hydrogen-bond donors (Lipinski definition) is 0. The second-order valence-electron chi connectivity index (χ2n) is 5.41. The molecule has 1 aliphatic rings. The average Bonchev–Trinajstić information content (AvgIpc) is 2.93. The van der Waals surface area contributed by atoms with Crippen molar-refractivity contribution in [2.45, 2.75) is 6.42 Å². The van der Waals surface area contributed by atoms with Gasteiger partial charge in [-0.1, -0.05) is 60.7 Å². The lowest BCUT2D eigenvalue weighted by Gasteiger charge is -2.09. The third kappa shape index (κ3) is 1.90. The molecule has 0 saturated carbocycles. The highest BCUT2D eigenvalue weighted by Crippen LogP contribution is 2.41. The highest BCUT2D eigenvalue weighted by molar-refractivity contribution is 5.86. The number of aldehydes is 1. The average molecular weight is 270 g/mol. The molecule has 0 spiro atoms. The summed E-state index contributed by atoms with van der Waals surface area (Å²) in [5.41, 5.74) is 8.46. The Morgan fingerprint density at radius 1 is 0.762 bits per heavy atom. The summed E-state index contributed by atoms with van der Waals surface area (Å²) in [6, 6.07) is 22.8. The van der Waals surface area contributed by atoms with Gasteiger partial charge in [-0.2, -0.15) is 0 Å². The number of fused-ring (bicyclic) bond motifs is 3. The van der Waals surface area contributed by atoms with Crippen LogP contribution in [0.25, 0.3) is 22.3 Å². The molecule has 1 nitrogen and oxygen atoms in total. The van der Waals surface area contributed by atoms with Gasteiger partial charge in [0.2, 0.25) is 0 Å². The fourth-order valence-electron chi connectivity index (χ4n) is 3.21. The number of hydrogen-bond acceptors (Lipinski definition) is 1. The van der Waals surface area contributed by atoms with Crippen LogP contribution >= 0.6 is 0 Å². The lowest BCUT2D eigenvalue weighted by Crippen LogP contribution is -1.89. The molecule has 0 bridgehead atoms. The van der Waals surface area contributed by atoms with Gasteiger partial charge in [0.25, 0.3) is 0 Å². The van der Waals surface area contributed by atoms with Crippen LogP contribution in [-0.2, 0) is 6.42 Å². The first-order valence-electron chi connectivity index (χ1n) is 7.12. The largest absolute Gasteiger partial charge is 0.298 e. The van der Waals surface area contributed by atoms with Gasteiger partial charge in [-0.3, -0.25) is 4.79 Å². The van der Waals surface area contributed by atoms with Gasteiger partial charge in [0.05, 0.1) is 0 Å². The summed E-state index contributed by atoms with van der Waals surface area (Å²) in [4.78, 5) is 11.0. The number of carbonyl (C=O) groups is 1.